The van der Waals surface area contributed by atoms with E-state index in [2.05, 4.69) is 5.32 Å². The van der Waals surface area contributed by atoms with E-state index >= 15 is 0 Å². The molecule has 1 unspecified atom stereocenters. The van der Waals surface area contributed by atoms with Crippen LogP contribution in [-0.2, 0) is 14.4 Å². The predicted molar refractivity (Wildman–Crippen MR) is 63.2 cm³/mol. The topological polar surface area (TPSA) is 66.5 Å². The van der Waals surface area contributed by atoms with Gasteiger partial charge in [-0.3, -0.25) is 19.3 Å². The molecule has 0 radical (unpaired) electrons. The van der Waals surface area contributed by atoms with Gasteiger partial charge in [0.2, 0.25) is 17.7 Å². The Labute approximate surface area is 105 Å². The number of amides is 3. The molecule has 5 heteroatoms. The molecule has 0 aromatic heterocycles. The molecule has 3 rings (SSSR count). The third-order valence-corrected chi connectivity index (χ3v) is 4.15. The molecule has 1 aliphatic carbocycles. The van der Waals surface area contributed by atoms with Crippen LogP contribution in [0.2, 0.25) is 0 Å². The lowest BCUT2D eigenvalue weighted by molar-refractivity contribution is -0.144. The zero-order valence-electron chi connectivity index (χ0n) is 10.1. The second-order valence-corrected chi connectivity index (χ2v) is 5.20. The summed E-state index contributed by atoms with van der Waals surface area (Å²) in [6.07, 6.45) is 6.30. The molecule has 5 nitrogen and oxygen atoms in total. The van der Waals surface area contributed by atoms with Crippen molar-refractivity contribution in [3.63, 3.8) is 0 Å². The highest BCUT2D eigenvalue weighted by atomic mass is 16.2. The number of fused-ring (bicyclic) bond motifs is 1. The molecule has 18 heavy (non-hydrogen) atoms. The van der Waals surface area contributed by atoms with Gasteiger partial charge in [0.05, 0.1) is 17.9 Å². The summed E-state index contributed by atoms with van der Waals surface area (Å²) in [4.78, 5) is 37.1. The van der Waals surface area contributed by atoms with Crippen molar-refractivity contribution >= 4 is 17.7 Å². The molecule has 2 fully saturated rings. The zero-order valence-corrected chi connectivity index (χ0v) is 10.1. The van der Waals surface area contributed by atoms with Crippen molar-refractivity contribution in [3.05, 3.63) is 12.2 Å². The molecule has 3 atom stereocenters. The summed E-state index contributed by atoms with van der Waals surface area (Å²) in [7, 11) is 0. The number of hydrogen-bond acceptors (Lipinski definition) is 3. The maximum absolute atomic E-state index is 12.3. The van der Waals surface area contributed by atoms with Gasteiger partial charge in [-0.05, 0) is 19.3 Å². The Balaban J connectivity index is 1.79. The molecule has 0 spiro atoms. The Kier molecular flexibility index (Phi) is 2.69. The van der Waals surface area contributed by atoms with Gasteiger partial charge in [0.25, 0.3) is 0 Å². The Hall–Kier alpha value is -1.65. The van der Waals surface area contributed by atoms with E-state index in [-0.39, 0.29) is 35.6 Å². The number of allylic oxidation sites excluding steroid dienone is 2. The quantitative estimate of drug-likeness (QED) is 0.533. The summed E-state index contributed by atoms with van der Waals surface area (Å²) >= 11 is 0. The lowest BCUT2D eigenvalue weighted by Crippen LogP contribution is -2.50. The summed E-state index contributed by atoms with van der Waals surface area (Å²) in [5.41, 5.74) is 0. The molecule has 96 valence electrons. The van der Waals surface area contributed by atoms with Crippen molar-refractivity contribution < 1.29 is 14.4 Å². The number of hydrogen-bond donors (Lipinski definition) is 1. The van der Waals surface area contributed by atoms with E-state index in [1.165, 1.54) is 4.90 Å². The van der Waals surface area contributed by atoms with E-state index in [1.54, 1.807) is 0 Å². The van der Waals surface area contributed by atoms with E-state index in [9.17, 15) is 14.4 Å². The summed E-state index contributed by atoms with van der Waals surface area (Å²) in [6, 6.07) is -0.145. The molecule has 2 aliphatic heterocycles. The van der Waals surface area contributed by atoms with Crippen molar-refractivity contribution in [1.29, 1.82) is 0 Å². The van der Waals surface area contributed by atoms with Crippen LogP contribution in [0, 0.1) is 11.8 Å². The van der Waals surface area contributed by atoms with E-state index in [4.69, 9.17) is 0 Å². The molecule has 0 saturated carbocycles. The van der Waals surface area contributed by atoms with E-state index in [0.717, 1.165) is 0 Å². The van der Waals surface area contributed by atoms with Gasteiger partial charge in [0.1, 0.15) is 0 Å². The van der Waals surface area contributed by atoms with Crippen molar-refractivity contribution in [1.82, 2.24) is 10.2 Å². The third-order valence-electron chi connectivity index (χ3n) is 4.15. The first-order valence-electron chi connectivity index (χ1n) is 6.47. The van der Waals surface area contributed by atoms with Crippen LogP contribution < -0.4 is 5.32 Å². The molecule has 2 saturated heterocycles. The number of carbonyl (C=O) groups is 3. The van der Waals surface area contributed by atoms with Gasteiger partial charge in [-0.25, -0.2) is 0 Å². The highest BCUT2D eigenvalue weighted by Gasteiger charge is 2.49. The second kappa shape index (κ2) is 4.23. The lowest BCUT2D eigenvalue weighted by Gasteiger charge is -2.30. The molecule has 0 bridgehead atoms. The third kappa shape index (κ3) is 1.65. The van der Waals surface area contributed by atoms with Crippen LogP contribution >= 0.6 is 0 Å². The number of piperidine rings is 1. The van der Waals surface area contributed by atoms with Gasteiger partial charge in [0.15, 0.2) is 0 Å². The Bertz CT molecular complexity index is 408. The van der Waals surface area contributed by atoms with Crippen molar-refractivity contribution in [3.8, 4) is 0 Å². The first-order chi connectivity index (χ1) is 8.68. The molecule has 1 N–H and O–H groups in total. The summed E-state index contributed by atoms with van der Waals surface area (Å²) in [6.45, 7) is 0.406. The number of nitrogens with zero attached hydrogens (tertiary/aromatic N) is 1. The van der Waals surface area contributed by atoms with Crippen molar-refractivity contribution in [2.75, 3.05) is 6.54 Å². The molecule has 3 amide bonds. The zero-order chi connectivity index (χ0) is 12.7. The molecule has 0 aromatic carbocycles. The van der Waals surface area contributed by atoms with Crippen LogP contribution in [0.5, 0.6) is 0 Å². The minimum Gasteiger partial charge on any atom is -0.354 e. The van der Waals surface area contributed by atoms with Crippen LogP contribution in [0.1, 0.15) is 25.7 Å². The van der Waals surface area contributed by atoms with Crippen LogP contribution in [0.3, 0.4) is 0 Å². The van der Waals surface area contributed by atoms with Gasteiger partial charge in [-0.15, -0.1) is 0 Å². The number of imide groups is 1. The smallest absolute Gasteiger partial charge is 0.233 e. The van der Waals surface area contributed by atoms with E-state index in [1.807, 2.05) is 12.2 Å². The Morgan fingerprint density at radius 2 is 1.67 bits per heavy atom. The van der Waals surface area contributed by atoms with Gasteiger partial charge in [-0.1, -0.05) is 12.2 Å². The summed E-state index contributed by atoms with van der Waals surface area (Å²) < 4.78 is 0. The fourth-order valence-electron chi connectivity index (χ4n) is 3.13. The predicted octanol–water partition coefficient (Wildman–Crippen LogP) is 0.216. The lowest BCUT2D eigenvalue weighted by atomic mass is 9.85. The van der Waals surface area contributed by atoms with Gasteiger partial charge >= 0.3 is 0 Å². The van der Waals surface area contributed by atoms with E-state index < -0.39 is 0 Å². The van der Waals surface area contributed by atoms with Crippen LogP contribution in [0.4, 0.5) is 0 Å². The fourth-order valence-corrected chi connectivity index (χ4v) is 3.13. The maximum atomic E-state index is 12.3. The van der Waals surface area contributed by atoms with Crippen molar-refractivity contribution in [2.45, 2.75) is 31.7 Å². The highest BCUT2D eigenvalue weighted by molar-refractivity contribution is 6.05. The molecular weight excluding hydrogens is 232 g/mol. The number of carbonyl (C=O) groups excluding carboxylic acids is 3. The normalized spacial score (nSPS) is 35.7. The van der Waals surface area contributed by atoms with Crippen LogP contribution in [0.25, 0.3) is 0 Å². The fraction of sp³-hybridized carbons (Fsp3) is 0.615. The summed E-state index contributed by atoms with van der Waals surface area (Å²) in [5.74, 6) is -0.421. The molecule has 2 heterocycles. The number of nitrogens with one attached hydrogen (secondary N) is 1. The monoisotopic (exact) mass is 248 g/mol. The average molecular weight is 248 g/mol. The SMILES string of the molecule is O=C1CCC(N2C(=O)[C@H]3CC=CC[C@H]3C2=O)CN1. The number of rotatable bonds is 1. The van der Waals surface area contributed by atoms with Gasteiger partial charge < -0.3 is 5.32 Å². The minimum absolute atomic E-state index is 0.00410. The Morgan fingerprint density at radius 1 is 1.06 bits per heavy atom. The standard InChI is InChI=1S/C13H16N2O3/c16-11-6-5-8(7-14-11)15-12(17)9-3-1-2-4-10(9)13(15)18/h1-2,8-10H,3-7H2,(H,14,16)/t8?,9-,10+. The molecular formula is C13H16N2O3. The maximum Gasteiger partial charge on any atom is 0.233 e. The van der Waals surface area contributed by atoms with Crippen molar-refractivity contribution in [2.24, 2.45) is 11.8 Å². The highest BCUT2D eigenvalue weighted by Crippen LogP contribution is 2.36. The average Bonchev–Trinajstić information content (AvgIpc) is 2.64. The second-order valence-electron chi connectivity index (χ2n) is 5.20. The molecule has 3 aliphatic rings. The Morgan fingerprint density at radius 3 is 2.17 bits per heavy atom. The van der Waals surface area contributed by atoms with Gasteiger partial charge in [-0.2, -0.15) is 0 Å². The minimum atomic E-state index is -0.167. The largest absolute Gasteiger partial charge is 0.354 e. The van der Waals surface area contributed by atoms with Gasteiger partial charge in [0, 0.05) is 13.0 Å². The first-order valence-corrected chi connectivity index (χ1v) is 6.47. The summed E-state index contributed by atoms with van der Waals surface area (Å²) in [5, 5.41) is 2.73. The van der Waals surface area contributed by atoms with Crippen LogP contribution in [-0.4, -0.2) is 35.2 Å². The van der Waals surface area contributed by atoms with Crippen LogP contribution in [0.15, 0.2) is 12.2 Å². The number of likely N-dealkylation sites (tertiary alicyclic amines) is 1. The first kappa shape index (κ1) is 11.4. The van der Waals surface area contributed by atoms with E-state index in [0.29, 0.717) is 32.2 Å². The molecule has 0 aromatic rings.